The number of benzene rings is 1. The molecule has 7 heteroatoms. The van der Waals surface area contributed by atoms with Gasteiger partial charge in [0.2, 0.25) is 0 Å². The molecule has 20 heavy (non-hydrogen) atoms. The fraction of sp³-hybridized carbons (Fsp3) is 0.462. The average molecular weight is 314 g/mol. The molecule has 0 amide bonds. The van der Waals surface area contributed by atoms with E-state index in [4.69, 9.17) is 4.74 Å². The number of fused-ring (bicyclic) bond motifs is 1. The molecule has 0 bridgehead atoms. The van der Waals surface area contributed by atoms with Gasteiger partial charge in [0, 0.05) is 11.8 Å². The van der Waals surface area contributed by atoms with Crippen molar-refractivity contribution in [3.05, 3.63) is 18.2 Å². The summed E-state index contributed by atoms with van der Waals surface area (Å²) in [5, 5.41) is 3.49. The summed E-state index contributed by atoms with van der Waals surface area (Å²) in [5.41, 5.74) is 0.549. The molecule has 0 aliphatic carbocycles. The van der Waals surface area contributed by atoms with Crippen LogP contribution in [0.3, 0.4) is 0 Å². The molecule has 1 aliphatic heterocycles. The van der Waals surface area contributed by atoms with Gasteiger partial charge in [0.05, 0.1) is 12.8 Å². The van der Waals surface area contributed by atoms with Gasteiger partial charge in [-0.25, -0.2) is 0 Å². The van der Waals surface area contributed by atoms with E-state index in [0.29, 0.717) is 22.5 Å². The Balaban J connectivity index is 2.21. The summed E-state index contributed by atoms with van der Waals surface area (Å²) in [4.78, 5) is 0.157. The molecular weight excluding hydrogens is 296 g/mol. The quantitative estimate of drug-likeness (QED) is 0.925. The number of nitrogens with zero attached hydrogens (tertiary/aromatic N) is 1. The summed E-state index contributed by atoms with van der Waals surface area (Å²) in [6, 6.07) is 4.91. The molecule has 0 aromatic heterocycles. The number of hydrogen-bond donors (Lipinski definition) is 1. The van der Waals surface area contributed by atoms with Gasteiger partial charge in [-0.2, -0.15) is 8.42 Å². The maximum Gasteiger partial charge on any atom is 0.286 e. The van der Waals surface area contributed by atoms with Crippen molar-refractivity contribution in [2.24, 2.45) is 10.3 Å². The minimum Gasteiger partial charge on any atom is -0.497 e. The number of rotatable bonds is 4. The first-order valence-electron chi connectivity index (χ1n) is 6.35. The topological polar surface area (TPSA) is 67.8 Å². The standard InChI is InChI=1S/C13H18N2O3S2/c1-9(2)6-7-19-13-14-11-5-4-10(18-3)8-12(11)20(16,17)15-13/h4-5,8-9H,6-7H2,1-3H3,(H,14,15). The van der Waals surface area contributed by atoms with Crippen molar-refractivity contribution >= 4 is 32.6 Å². The van der Waals surface area contributed by atoms with Crippen molar-refractivity contribution in [3.63, 3.8) is 0 Å². The Morgan fingerprint density at radius 3 is 2.80 bits per heavy atom. The maximum absolute atomic E-state index is 12.2. The molecular formula is C13H18N2O3S2. The summed E-state index contributed by atoms with van der Waals surface area (Å²) in [6.45, 7) is 4.27. The van der Waals surface area contributed by atoms with Gasteiger partial charge in [0.25, 0.3) is 10.0 Å². The highest BCUT2D eigenvalue weighted by Crippen LogP contribution is 2.32. The molecule has 1 aromatic rings. The fourth-order valence-corrected chi connectivity index (χ4v) is 4.19. The SMILES string of the molecule is COc1ccc2c(c1)S(=O)(=O)N=C(SCCC(C)C)N2. The Morgan fingerprint density at radius 2 is 2.15 bits per heavy atom. The predicted molar refractivity (Wildman–Crippen MR) is 83.2 cm³/mol. The van der Waals surface area contributed by atoms with Crippen molar-refractivity contribution < 1.29 is 13.2 Å². The molecule has 2 rings (SSSR count). The van der Waals surface area contributed by atoms with E-state index in [1.807, 2.05) is 0 Å². The van der Waals surface area contributed by atoms with Gasteiger partial charge in [-0.05, 0) is 24.5 Å². The van der Waals surface area contributed by atoms with E-state index in [-0.39, 0.29) is 4.90 Å². The highest BCUT2D eigenvalue weighted by molar-refractivity contribution is 8.14. The zero-order valence-electron chi connectivity index (χ0n) is 11.7. The van der Waals surface area contributed by atoms with Gasteiger partial charge in [-0.1, -0.05) is 25.6 Å². The molecule has 1 N–H and O–H groups in total. The average Bonchev–Trinajstić information content (AvgIpc) is 2.37. The second-order valence-corrected chi connectivity index (χ2v) is 7.55. The van der Waals surface area contributed by atoms with Crippen molar-refractivity contribution in [2.75, 3.05) is 18.2 Å². The van der Waals surface area contributed by atoms with Crippen molar-refractivity contribution in [1.29, 1.82) is 0 Å². The first-order valence-corrected chi connectivity index (χ1v) is 8.78. The van der Waals surface area contributed by atoms with Gasteiger partial charge in [-0.3, -0.25) is 0 Å². The monoisotopic (exact) mass is 314 g/mol. The van der Waals surface area contributed by atoms with E-state index in [1.165, 1.54) is 24.9 Å². The Morgan fingerprint density at radius 1 is 1.40 bits per heavy atom. The Hall–Kier alpha value is -1.21. The van der Waals surface area contributed by atoms with E-state index >= 15 is 0 Å². The third-order valence-electron chi connectivity index (χ3n) is 2.85. The van der Waals surface area contributed by atoms with Gasteiger partial charge in [0.1, 0.15) is 10.6 Å². The second-order valence-electron chi connectivity index (χ2n) is 4.89. The lowest BCUT2D eigenvalue weighted by Gasteiger charge is -2.18. The first kappa shape index (κ1) is 15.2. The van der Waals surface area contributed by atoms with Crippen LogP contribution in [0, 0.1) is 5.92 Å². The molecule has 110 valence electrons. The Labute approximate surface area is 123 Å². The normalized spacial score (nSPS) is 16.3. The molecule has 0 spiro atoms. The van der Waals surface area contributed by atoms with Gasteiger partial charge < -0.3 is 10.1 Å². The molecule has 0 saturated heterocycles. The molecule has 0 saturated carbocycles. The van der Waals surface area contributed by atoms with Crippen molar-refractivity contribution in [2.45, 2.75) is 25.2 Å². The number of thioether (sulfide) groups is 1. The summed E-state index contributed by atoms with van der Waals surface area (Å²) in [5.74, 6) is 1.92. The highest BCUT2D eigenvalue weighted by atomic mass is 32.2. The minimum absolute atomic E-state index is 0.157. The van der Waals surface area contributed by atoms with Crippen LogP contribution < -0.4 is 10.1 Å². The fourth-order valence-electron chi connectivity index (χ4n) is 1.70. The molecule has 0 atom stereocenters. The molecule has 1 aliphatic rings. The molecule has 0 unspecified atom stereocenters. The van der Waals surface area contributed by atoms with Gasteiger partial charge in [0.15, 0.2) is 5.17 Å². The van der Waals surface area contributed by atoms with Crippen LogP contribution in [0.1, 0.15) is 20.3 Å². The summed E-state index contributed by atoms with van der Waals surface area (Å²) >= 11 is 1.43. The zero-order chi connectivity index (χ0) is 14.8. The number of nitrogens with one attached hydrogen (secondary N) is 1. The van der Waals surface area contributed by atoms with Crippen molar-refractivity contribution in [1.82, 2.24) is 0 Å². The lowest BCUT2D eigenvalue weighted by molar-refractivity contribution is 0.413. The van der Waals surface area contributed by atoms with E-state index in [2.05, 4.69) is 23.6 Å². The number of anilines is 1. The number of methoxy groups -OCH3 is 1. The van der Waals surface area contributed by atoms with Crippen LogP contribution in [0.15, 0.2) is 27.5 Å². The molecule has 5 nitrogen and oxygen atoms in total. The number of ether oxygens (including phenoxy) is 1. The highest BCUT2D eigenvalue weighted by Gasteiger charge is 2.25. The number of amidine groups is 1. The van der Waals surface area contributed by atoms with E-state index in [9.17, 15) is 8.42 Å². The van der Waals surface area contributed by atoms with E-state index < -0.39 is 10.0 Å². The van der Waals surface area contributed by atoms with Crippen LogP contribution in [0.2, 0.25) is 0 Å². The molecule has 1 aromatic carbocycles. The summed E-state index contributed by atoms with van der Waals surface area (Å²) in [7, 11) is -2.15. The molecule has 0 radical (unpaired) electrons. The maximum atomic E-state index is 12.2. The van der Waals surface area contributed by atoms with Gasteiger partial charge in [-0.15, -0.1) is 4.40 Å². The van der Waals surface area contributed by atoms with Gasteiger partial charge >= 0.3 is 0 Å². The summed E-state index contributed by atoms with van der Waals surface area (Å²) < 4.78 is 33.2. The van der Waals surface area contributed by atoms with E-state index in [1.54, 1.807) is 12.1 Å². The number of hydrogen-bond acceptors (Lipinski definition) is 5. The molecule has 0 fully saturated rings. The third-order valence-corrected chi connectivity index (χ3v) is 5.18. The largest absolute Gasteiger partial charge is 0.497 e. The zero-order valence-corrected chi connectivity index (χ0v) is 13.3. The lowest BCUT2D eigenvalue weighted by Crippen LogP contribution is -2.19. The van der Waals surface area contributed by atoms with Crippen LogP contribution in [0.25, 0.3) is 0 Å². The van der Waals surface area contributed by atoms with Crippen LogP contribution >= 0.6 is 11.8 Å². The third kappa shape index (κ3) is 3.46. The van der Waals surface area contributed by atoms with Crippen molar-refractivity contribution in [3.8, 4) is 5.75 Å². The lowest BCUT2D eigenvalue weighted by atomic mass is 10.2. The summed E-state index contributed by atoms with van der Waals surface area (Å²) in [6.07, 6.45) is 1.01. The Bertz CT molecular complexity index is 625. The van der Waals surface area contributed by atoms with E-state index in [0.717, 1.165) is 12.2 Å². The molecule has 1 heterocycles. The Kier molecular flexibility index (Phi) is 4.59. The van der Waals surface area contributed by atoms with Crippen LogP contribution in [0.5, 0.6) is 5.75 Å². The minimum atomic E-state index is -3.65. The first-order chi connectivity index (χ1) is 9.42. The van der Waals surface area contributed by atoms with Crippen LogP contribution in [0.4, 0.5) is 5.69 Å². The second kappa shape index (κ2) is 6.05. The predicted octanol–water partition coefficient (Wildman–Crippen LogP) is 2.94. The van der Waals surface area contributed by atoms with Crippen LogP contribution in [-0.2, 0) is 10.0 Å². The smallest absolute Gasteiger partial charge is 0.286 e. The number of sulfonamides is 1. The van der Waals surface area contributed by atoms with Crippen LogP contribution in [-0.4, -0.2) is 26.4 Å².